The van der Waals surface area contributed by atoms with E-state index in [9.17, 15) is 9.59 Å². The van der Waals surface area contributed by atoms with Crippen LogP contribution in [0, 0.1) is 6.92 Å². The molecule has 0 spiro atoms. The van der Waals surface area contributed by atoms with Gasteiger partial charge in [-0.2, -0.15) is 0 Å². The summed E-state index contributed by atoms with van der Waals surface area (Å²) < 4.78 is 6.15. The van der Waals surface area contributed by atoms with E-state index in [0.717, 1.165) is 6.07 Å². The van der Waals surface area contributed by atoms with Crippen LogP contribution in [0.25, 0.3) is 0 Å². The van der Waals surface area contributed by atoms with Crippen molar-refractivity contribution < 1.29 is 4.52 Å². The number of aromatic nitrogens is 3. The van der Waals surface area contributed by atoms with Crippen molar-refractivity contribution in [2.45, 2.75) is 13.5 Å². The van der Waals surface area contributed by atoms with Crippen LogP contribution in [0.4, 0.5) is 5.82 Å². The molecular formula is C9H10N4O3. The normalized spacial score (nSPS) is 10.6. The first-order valence-corrected chi connectivity index (χ1v) is 4.58. The van der Waals surface area contributed by atoms with Crippen LogP contribution in [-0.2, 0) is 6.54 Å². The monoisotopic (exact) mass is 222 g/mol. The highest BCUT2D eigenvalue weighted by atomic mass is 16.5. The third kappa shape index (κ3) is 1.88. The molecule has 0 unspecified atom stereocenters. The van der Waals surface area contributed by atoms with Crippen LogP contribution < -0.4 is 17.0 Å². The molecule has 16 heavy (non-hydrogen) atoms. The lowest BCUT2D eigenvalue weighted by molar-refractivity contribution is 0.371. The van der Waals surface area contributed by atoms with Gasteiger partial charge in [0.05, 0.1) is 12.2 Å². The lowest BCUT2D eigenvalue weighted by atomic mass is 10.4. The van der Waals surface area contributed by atoms with Gasteiger partial charge < -0.3 is 10.3 Å². The van der Waals surface area contributed by atoms with Crippen LogP contribution >= 0.6 is 0 Å². The lowest BCUT2D eigenvalue weighted by Gasteiger charge is -2.04. The Labute approximate surface area is 89.5 Å². The zero-order valence-corrected chi connectivity index (χ0v) is 8.56. The summed E-state index contributed by atoms with van der Waals surface area (Å²) >= 11 is 0. The molecule has 0 aliphatic rings. The van der Waals surface area contributed by atoms with E-state index in [1.54, 1.807) is 13.0 Å². The number of nitrogen functional groups attached to an aromatic ring is 1. The van der Waals surface area contributed by atoms with E-state index >= 15 is 0 Å². The van der Waals surface area contributed by atoms with Gasteiger partial charge in [0.15, 0.2) is 5.76 Å². The largest absolute Gasteiger partial charge is 0.385 e. The van der Waals surface area contributed by atoms with Gasteiger partial charge in [-0.25, -0.2) is 4.79 Å². The van der Waals surface area contributed by atoms with Crippen molar-refractivity contribution in [2.24, 2.45) is 0 Å². The highest BCUT2D eigenvalue weighted by Gasteiger charge is 2.07. The summed E-state index contributed by atoms with van der Waals surface area (Å²) in [4.78, 5) is 24.5. The Bertz CT molecular complexity index is 622. The molecule has 0 fully saturated rings. The fourth-order valence-electron chi connectivity index (χ4n) is 1.35. The fourth-order valence-corrected chi connectivity index (χ4v) is 1.35. The minimum Gasteiger partial charge on any atom is -0.385 e. The smallest absolute Gasteiger partial charge is 0.330 e. The van der Waals surface area contributed by atoms with Crippen LogP contribution in [0.2, 0.25) is 0 Å². The van der Waals surface area contributed by atoms with Crippen LogP contribution in [-0.4, -0.2) is 14.7 Å². The van der Waals surface area contributed by atoms with Gasteiger partial charge in [0.25, 0.3) is 5.56 Å². The van der Waals surface area contributed by atoms with Crippen LogP contribution in [0.1, 0.15) is 11.5 Å². The standard InChI is InChI=1S/C9H10N4O3/c1-5-2-6(16-12-5)4-13-7(10)3-8(14)11-9(13)15/h2-3H,4,10H2,1H3,(H,11,14,15). The number of hydrogen-bond acceptors (Lipinski definition) is 5. The van der Waals surface area contributed by atoms with Crippen LogP contribution in [0.5, 0.6) is 0 Å². The van der Waals surface area contributed by atoms with Crippen molar-refractivity contribution in [3.63, 3.8) is 0 Å². The molecule has 0 aliphatic carbocycles. The number of aryl methyl sites for hydroxylation is 1. The number of rotatable bonds is 2. The van der Waals surface area contributed by atoms with E-state index < -0.39 is 11.2 Å². The molecule has 0 amide bonds. The molecular weight excluding hydrogens is 212 g/mol. The Morgan fingerprint density at radius 1 is 1.50 bits per heavy atom. The van der Waals surface area contributed by atoms with E-state index in [1.165, 1.54) is 4.57 Å². The van der Waals surface area contributed by atoms with E-state index in [1.807, 2.05) is 0 Å². The highest BCUT2D eigenvalue weighted by molar-refractivity contribution is 5.27. The first kappa shape index (κ1) is 10.2. The predicted molar refractivity (Wildman–Crippen MR) is 56.1 cm³/mol. The summed E-state index contributed by atoms with van der Waals surface area (Å²) in [6.45, 7) is 1.91. The highest BCUT2D eigenvalue weighted by Crippen LogP contribution is 2.05. The van der Waals surface area contributed by atoms with Gasteiger partial charge in [-0.05, 0) is 6.92 Å². The second-order valence-corrected chi connectivity index (χ2v) is 3.38. The molecule has 2 aromatic rings. The molecule has 0 aromatic carbocycles. The molecule has 0 aliphatic heterocycles. The van der Waals surface area contributed by atoms with Crippen molar-refractivity contribution in [3.05, 3.63) is 44.4 Å². The van der Waals surface area contributed by atoms with Gasteiger partial charge >= 0.3 is 5.69 Å². The molecule has 0 saturated heterocycles. The molecule has 0 radical (unpaired) electrons. The molecule has 2 rings (SSSR count). The minimum absolute atomic E-state index is 0.0859. The number of nitrogens with zero attached hydrogens (tertiary/aromatic N) is 2. The number of anilines is 1. The Balaban J connectivity index is 2.42. The number of nitrogens with one attached hydrogen (secondary N) is 1. The van der Waals surface area contributed by atoms with E-state index in [4.69, 9.17) is 10.3 Å². The van der Waals surface area contributed by atoms with Crippen molar-refractivity contribution in [1.29, 1.82) is 0 Å². The number of aromatic amines is 1. The van der Waals surface area contributed by atoms with Gasteiger partial charge in [-0.3, -0.25) is 14.3 Å². The zero-order chi connectivity index (χ0) is 11.7. The topological polar surface area (TPSA) is 107 Å². The third-order valence-corrected chi connectivity index (χ3v) is 2.06. The summed E-state index contributed by atoms with van der Waals surface area (Å²) in [6.07, 6.45) is 0. The third-order valence-electron chi connectivity index (χ3n) is 2.06. The molecule has 7 heteroatoms. The summed E-state index contributed by atoms with van der Waals surface area (Å²) in [6, 6.07) is 2.83. The molecule has 0 bridgehead atoms. The summed E-state index contributed by atoms with van der Waals surface area (Å²) in [5, 5.41) is 3.69. The van der Waals surface area contributed by atoms with E-state index in [2.05, 4.69) is 10.1 Å². The summed E-state index contributed by atoms with van der Waals surface area (Å²) in [5.41, 5.74) is 5.18. The lowest BCUT2D eigenvalue weighted by Crippen LogP contribution is -2.31. The Kier molecular flexibility index (Phi) is 2.35. The summed E-state index contributed by atoms with van der Waals surface area (Å²) in [5.74, 6) is 0.584. The number of hydrogen-bond donors (Lipinski definition) is 2. The van der Waals surface area contributed by atoms with E-state index in [-0.39, 0.29) is 12.4 Å². The first-order chi connectivity index (χ1) is 7.56. The van der Waals surface area contributed by atoms with Crippen molar-refractivity contribution in [3.8, 4) is 0 Å². The maximum Gasteiger partial charge on any atom is 0.330 e. The van der Waals surface area contributed by atoms with Gasteiger partial charge in [-0.15, -0.1) is 0 Å². The van der Waals surface area contributed by atoms with Gasteiger partial charge in [0.1, 0.15) is 5.82 Å². The zero-order valence-electron chi connectivity index (χ0n) is 8.56. The van der Waals surface area contributed by atoms with Crippen molar-refractivity contribution >= 4 is 5.82 Å². The Hall–Kier alpha value is -2.31. The SMILES string of the molecule is Cc1cc(Cn2c(N)cc(=O)[nH]c2=O)on1. The second kappa shape index (κ2) is 3.69. The molecule has 2 aromatic heterocycles. The van der Waals surface area contributed by atoms with Gasteiger partial charge in [-0.1, -0.05) is 5.16 Å². The minimum atomic E-state index is -0.570. The van der Waals surface area contributed by atoms with Gasteiger partial charge in [0, 0.05) is 12.1 Å². The van der Waals surface area contributed by atoms with Crippen molar-refractivity contribution in [1.82, 2.24) is 14.7 Å². The first-order valence-electron chi connectivity index (χ1n) is 4.58. The van der Waals surface area contributed by atoms with Gasteiger partial charge in [0.2, 0.25) is 0 Å². The maximum absolute atomic E-state index is 11.4. The predicted octanol–water partition coefficient (Wildman–Crippen LogP) is -0.536. The molecule has 0 saturated carbocycles. The van der Waals surface area contributed by atoms with Crippen LogP contribution in [0.15, 0.2) is 26.2 Å². The Morgan fingerprint density at radius 2 is 2.25 bits per heavy atom. The fraction of sp³-hybridized carbons (Fsp3) is 0.222. The van der Waals surface area contributed by atoms with Crippen molar-refractivity contribution in [2.75, 3.05) is 5.73 Å². The average molecular weight is 222 g/mol. The summed E-state index contributed by atoms with van der Waals surface area (Å²) in [7, 11) is 0. The molecule has 3 N–H and O–H groups in total. The molecule has 2 heterocycles. The van der Waals surface area contributed by atoms with E-state index in [0.29, 0.717) is 11.5 Å². The second-order valence-electron chi connectivity index (χ2n) is 3.38. The molecule has 7 nitrogen and oxygen atoms in total. The maximum atomic E-state index is 11.4. The Morgan fingerprint density at radius 3 is 2.81 bits per heavy atom. The van der Waals surface area contributed by atoms with Crippen LogP contribution in [0.3, 0.4) is 0 Å². The number of H-pyrrole nitrogens is 1. The number of nitrogens with two attached hydrogens (primary N) is 1. The average Bonchev–Trinajstić information content (AvgIpc) is 2.58. The quantitative estimate of drug-likeness (QED) is 0.709. The molecule has 84 valence electrons. The molecule has 0 atom stereocenters.